The minimum absolute atomic E-state index is 0. The number of nitrogens with one attached hydrogen (secondary N) is 1. The predicted molar refractivity (Wildman–Crippen MR) is 97.7 cm³/mol. The van der Waals surface area contributed by atoms with Gasteiger partial charge in [0.25, 0.3) is 0 Å². The van der Waals surface area contributed by atoms with Crippen LogP contribution in [0.5, 0.6) is 0 Å². The fourth-order valence-corrected chi connectivity index (χ4v) is 3.04. The number of piperazine rings is 1. The van der Waals surface area contributed by atoms with Gasteiger partial charge in [0.15, 0.2) is 0 Å². The third-order valence-corrected chi connectivity index (χ3v) is 4.15. The Morgan fingerprint density at radius 3 is 2.43 bits per heavy atom. The van der Waals surface area contributed by atoms with Gasteiger partial charge >= 0.3 is 0 Å². The van der Waals surface area contributed by atoms with Crippen molar-refractivity contribution < 1.29 is 0 Å². The number of nitrogens with zero attached hydrogens (tertiary/aromatic N) is 2. The highest BCUT2D eigenvalue weighted by Crippen LogP contribution is 2.28. The summed E-state index contributed by atoms with van der Waals surface area (Å²) in [6.07, 6.45) is 6.37. The molecule has 0 aliphatic carbocycles. The molecule has 0 spiro atoms. The highest BCUT2D eigenvalue weighted by Gasteiger charge is 2.22. The molecule has 0 saturated carbocycles. The summed E-state index contributed by atoms with van der Waals surface area (Å²) in [6.45, 7) is 9.06. The molecule has 0 bridgehead atoms. The van der Waals surface area contributed by atoms with E-state index in [0.29, 0.717) is 6.04 Å². The summed E-state index contributed by atoms with van der Waals surface area (Å²) in [5.74, 6) is 0.755. The fraction of sp³-hybridized carbons (Fsp3) is 0.667. The van der Waals surface area contributed by atoms with Gasteiger partial charge in [-0.25, -0.2) is 0 Å². The summed E-state index contributed by atoms with van der Waals surface area (Å²) in [5.41, 5.74) is 1.34. The maximum atomic E-state index is 4.34. The average Bonchev–Trinajstić information content (AvgIpc) is 2.40. The lowest BCUT2D eigenvalue weighted by atomic mass is 9.97. The van der Waals surface area contributed by atoms with Crippen LogP contribution < -0.4 is 5.32 Å². The lowest BCUT2D eigenvalue weighted by Crippen LogP contribution is -2.45. The van der Waals surface area contributed by atoms with Gasteiger partial charge in [0.1, 0.15) is 0 Å². The molecule has 1 aliphatic heterocycles. The molecular formula is C15H26BrCl2N3. The van der Waals surface area contributed by atoms with Crippen molar-refractivity contribution >= 4 is 40.7 Å². The molecule has 1 fully saturated rings. The summed E-state index contributed by atoms with van der Waals surface area (Å²) < 4.78 is 1.08. The lowest BCUT2D eigenvalue weighted by molar-refractivity contribution is 0.159. The van der Waals surface area contributed by atoms with Crippen molar-refractivity contribution in [2.24, 2.45) is 5.92 Å². The quantitative estimate of drug-likeness (QED) is 0.810. The van der Waals surface area contributed by atoms with E-state index in [1.54, 1.807) is 0 Å². The minimum Gasteiger partial charge on any atom is -0.314 e. The van der Waals surface area contributed by atoms with Crippen molar-refractivity contribution in [3.63, 3.8) is 0 Å². The normalized spacial score (nSPS) is 17.0. The SMILES string of the molecule is CC(C)CC[C@@H](c1cncc(Br)c1)N1CCNCC1.Cl.Cl. The average molecular weight is 399 g/mol. The monoisotopic (exact) mass is 397 g/mol. The number of hydrogen-bond acceptors (Lipinski definition) is 3. The van der Waals surface area contributed by atoms with E-state index in [1.807, 2.05) is 12.4 Å². The van der Waals surface area contributed by atoms with E-state index in [9.17, 15) is 0 Å². The Morgan fingerprint density at radius 1 is 1.19 bits per heavy atom. The van der Waals surface area contributed by atoms with Crippen LogP contribution in [0.1, 0.15) is 38.3 Å². The second-order valence-corrected chi connectivity index (χ2v) is 6.63. The van der Waals surface area contributed by atoms with E-state index < -0.39 is 0 Å². The van der Waals surface area contributed by atoms with Crippen LogP contribution in [-0.2, 0) is 0 Å². The van der Waals surface area contributed by atoms with Crippen LogP contribution in [0.15, 0.2) is 22.9 Å². The molecule has 122 valence electrons. The van der Waals surface area contributed by atoms with Crippen molar-refractivity contribution in [3.8, 4) is 0 Å². The van der Waals surface area contributed by atoms with Crippen molar-refractivity contribution in [2.45, 2.75) is 32.7 Å². The summed E-state index contributed by atoms with van der Waals surface area (Å²) in [6, 6.07) is 2.73. The number of aromatic nitrogens is 1. The molecule has 0 amide bonds. The van der Waals surface area contributed by atoms with Crippen LogP contribution in [0, 0.1) is 5.92 Å². The summed E-state index contributed by atoms with van der Waals surface area (Å²) in [7, 11) is 0. The fourth-order valence-electron chi connectivity index (χ4n) is 2.66. The molecule has 2 heterocycles. The van der Waals surface area contributed by atoms with Crippen molar-refractivity contribution in [1.29, 1.82) is 0 Å². The molecule has 1 atom stereocenters. The Labute approximate surface area is 149 Å². The van der Waals surface area contributed by atoms with Gasteiger partial charge in [-0.2, -0.15) is 0 Å². The summed E-state index contributed by atoms with van der Waals surface area (Å²) in [4.78, 5) is 6.94. The Morgan fingerprint density at radius 2 is 1.86 bits per heavy atom. The minimum atomic E-state index is 0. The van der Waals surface area contributed by atoms with Crippen LogP contribution in [0.2, 0.25) is 0 Å². The number of rotatable bonds is 5. The smallest absolute Gasteiger partial charge is 0.0410 e. The topological polar surface area (TPSA) is 28.2 Å². The molecule has 3 nitrogen and oxygen atoms in total. The predicted octanol–water partition coefficient (Wildman–Crippen LogP) is 4.07. The summed E-state index contributed by atoms with van der Waals surface area (Å²) in [5, 5.41) is 3.43. The third kappa shape index (κ3) is 6.83. The van der Waals surface area contributed by atoms with Gasteiger partial charge in [-0.3, -0.25) is 9.88 Å². The van der Waals surface area contributed by atoms with Crippen molar-refractivity contribution in [1.82, 2.24) is 15.2 Å². The number of hydrogen-bond donors (Lipinski definition) is 1. The molecule has 21 heavy (non-hydrogen) atoms. The van der Waals surface area contributed by atoms with Crippen LogP contribution >= 0.6 is 40.7 Å². The van der Waals surface area contributed by atoms with Crippen molar-refractivity contribution in [3.05, 3.63) is 28.5 Å². The van der Waals surface area contributed by atoms with Gasteiger partial charge < -0.3 is 5.32 Å². The Kier molecular flexibility index (Phi) is 10.9. The molecule has 1 aromatic rings. The van der Waals surface area contributed by atoms with Gasteiger partial charge in [0.05, 0.1) is 0 Å². The molecule has 1 aliphatic rings. The zero-order chi connectivity index (χ0) is 13.7. The van der Waals surface area contributed by atoms with Gasteiger partial charge in [0, 0.05) is 49.1 Å². The standard InChI is InChI=1S/C15H24BrN3.2ClH/c1-12(2)3-4-15(19-7-5-17-6-8-19)13-9-14(16)11-18-10-13;;/h9-12,15,17H,3-8H2,1-2H3;2*1H/t15-;;/m0../s1. The van der Waals surface area contributed by atoms with Crippen LogP contribution in [0.25, 0.3) is 0 Å². The Balaban J connectivity index is 0.00000200. The van der Waals surface area contributed by atoms with E-state index in [1.165, 1.54) is 18.4 Å². The number of pyridine rings is 1. The maximum absolute atomic E-state index is 4.34. The van der Waals surface area contributed by atoms with Crippen LogP contribution in [-0.4, -0.2) is 36.1 Å². The summed E-state index contributed by atoms with van der Waals surface area (Å²) >= 11 is 3.54. The first kappa shape index (κ1) is 21.1. The molecule has 6 heteroatoms. The van der Waals surface area contributed by atoms with Gasteiger partial charge in [-0.15, -0.1) is 24.8 Å². The molecule has 0 aromatic carbocycles. The second kappa shape index (κ2) is 10.8. The van der Waals surface area contributed by atoms with Gasteiger partial charge in [-0.1, -0.05) is 13.8 Å². The zero-order valence-corrected chi connectivity index (χ0v) is 15.9. The van der Waals surface area contributed by atoms with Gasteiger partial charge in [-0.05, 0) is 46.3 Å². The van der Waals surface area contributed by atoms with Crippen LogP contribution in [0.3, 0.4) is 0 Å². The van der Waals surface area contributed by atoms with E-state index in [2.05, 4.69) is 51.0 Å². The number of halogens is 3. The third-order valence-electron chi connectivity index (χ3n) is 3.72. The molecule has 1 saturated heterocycles. The first-order valence-corrected chi connectivity index (χ1v) is 8.01. The largest absolute Gasteiger partial charge is 0.314 e. The van der Waals surface area contributed by atoms with E-state index >= 15 is 0 Å². The first-order valence-electron chi connectivity index (χ1n) is 7.22. The van der Waals surface area contributed by atoms with E-state index in [-0.39, 0.29) is 24.8 Å². The van der Waals surface area contributed by atoms with Crippen LogP contribution in [0.4, 0.5) is 0 Å². The Hall–Kier alpha value is 0.130. The molecular weight excluding hydrogens is 373 g/mol. The van der Waals surface area contributed by atoms with Crippen molar-refractivity contribution in [2.75, 3.05) is 26.2 Å². The van der Waals surface area contributed by atoms with Gasteiger partial charge in [0.2, 0.25) is 0 Å². The molecule has 0 radical (unpaired) electrons. The Bertz CT molecular complexity index is 398. The maximum Gasteiger partial charge on any atom is 0.0410 e. The molecule has 1 aromatic heterocycles. The van der Waals surface area contributed by atoms with E-state index in [0.717, 1.165) is 36.6 Å². The zero-order valence-electron chi connectivity index (χ0n) is 12.7. The molecule has 0 unspecified atom stereocenters. The lowest BCUT2D eigenvalue weighted by Gasteiger charge is -2.35. The van der Waals surface area contributed by atoms with E-state index in [4.69, 9.17) is 0 Å². The first-order chi connectivity index (χ1) is 9.16. The molecule has 2 rings (SSSR count). The highest BCUT2D eigenvalue weighted by atomic mass is 79.9. The highest BCUT2D eigenvalue weighted by molar-refractivity contribution is 9.10. The molecule has 1 N–H and O–H groups in total. The second-order valence-electron chi connectivity index (χ2n) is 5.71.